The van der Waals surface area contributed by atoms with Gasteiger partial charge in [0, 0.05) is 52.1 Å². The van der Waals surface area contributed by atoms with Gasteiger partial charge in [-0.3, -0.25) is 9.59 Å². The van der Waals surface area contributed by atoms with Gasteiger partial charge in [0.25, 0.3) is 0 Å². The quantitative estimate of drug-likeness (QED) is 0.528. The maximum Gasteiger partial charge on any atom is 0.220 e. The van der Waals surface area contributed by atoms with E-state index in [0.29, 0.717) is 13.1 Å². The molecule has 21 heavy (non-hydrogen) atoms. The molecule has 6 nitrogen and oxygen atoms in total. The number of nitrogens with one attached hydrogen (secondary N) is 3. The van der Waals surface area contributed by atoms with Gasteiger partial charge in [-0.25, -0.2) is 0 Å². The van der Waals surface area contributed by atoms with E-state index in [1.165, 1.54) is 0 Å². The second kappa shape index (κ2) is 12.9. The zero-order chi connectivity index (χ0) is 14.6. The molecule has 0 aliphatic carbocycles. The Bertz CT molecular complexity index is 297. The Kier molecular flexibility index (Phi) is 12.3. The topological polar surface area (TPSA) is 73.5 Å². The Balaban J connectivity index is 0.00000400. The number of amides is 2. The Morgan fingerprint density at radius 3 is 2.19 bits per heavy atom. The summed E-state index contributed by atoms with van der Waals surface area (Å²) in [5.41, 5.74) is 0. The van der Waals surface area contributed by atoms with Crippen LogP contribution in [0, 0.1) is 0 Å². The highest BCUT2D eigenvalue weighted by molar-refractivity contribution is 5.85. The van der Waals surface area contributed by atoms with Crippen LogP contribution in [0.25, 0.3) is 0 Å². The maximum absolute atomic E-state index is 11.6. The van der Waals surface area contributed by atoms with Crippen molar-refractivity contribution in [3.8, 4) is 0 Å². The second-order valence-corrected chi connectivity index (χ2v) is 5.15. The van der Waals surface area contributed by atoms with E-state index in [1.807, 2.05) is 6.92 Å². The molecule has 0 radical (unpaired) electrons. The highest BCUT2D eigenvalue weighted by Gasteiger charge is 2.09. The SMILES string of the molecule is CCCNC(=O)CCC(=O)NCCCN1CCNCC1.Cl. The van der Waals surface area contributed by atoms with E-state index in [-0.39, 0.29) is 37.1 Å². The maximum atomic E-state index is 11.6. The lowest BCUT2D eigenvalue weighted by Crippen LogP contribution is -2.44. The van der Waals surface area contributed by atoms with Gasteiger partial charge < -0.3 is 20.9 Å². The molecule has 0 bridgehead atoms. The number of hydrogen-bond donors (Lipinski definition) is 3. The van der Waals surface area contributed by atoms with Crippen LogP contribution in [0.5, 0.6) is 0 Å². The zero-order valence-corrected chi connectivity index (χ0v) is 13.8. The lowest BCUT2D eigenvalue weighted by Gasteiger charge is -2.27. The van der Waals surface area contributed by atoms with E-state index < -0.39 is 0 Å². The highest BCUT2D eigenvalue weighted by Crippen LogP contribution is 1.94. The molecule has 0 aromatic heterocycles. The highest BCUT2D eigenvalue weighted by atomic mass is 35.5. The standard InChI is InChI=1S/C14H28N4O2.ClH/c1-2-6-16-13(19)4-5-14(20)17-7-3-10-18-11-8-15-9-12-18;/h15H,2-12H2,1H3,(H,16,19)(H,17,20);1H. The first kappa shape index (κ1) is 20.1. The molecule has 0 unspecified atom stereocenters. The summed E-state index contributed by atoms with van der Waals surface area (Å²) in [5.74, 6) is -0.0697. The van der Waals surface area contributed by atoms with Gasteiger partial charge in [-0.2, -0.15) is 0 Å². The summed E-state index contributed by atoms with van der Waals surface area (Å²) in [4.78, 5) is 25.3. The van der Waals surface area contributed by atoms with Gasteiger partial charge in [-0.1, -0.05) is 6.92 Å². The van der Waals surface area contributed by atoms with Gasteiger partial charge in [-0.05, 0) is 19.4 Å². The third-order valence-electron chi connectivity index (χ3n) is 3.33. The van der Waals surface area contributed by atoms with Gasteiger partial charge in [0.15, 0.2) is 0 Å². The summed E-state index contributed by atoms with van der Waals surface area (Å²) >= 11 is 0. The number of nitrogens with zero attached hydrogens (tertiary/aromatic N) is 1. The van der Waals surface area contributed by atoms with Gasteiger partial charge in [0.05, 0.1) is 0 Å². The van der Waals surface area contributed by atoms with E-state index in [4.69, 9.17) is 0 Å². The van der Waals surface area contributed by atoms with Crippen molar-refractivity contribution in [2.75, 3.05) is 45.8 Å². The fourth-order valence-corrected chi connectivity index (χ4v) is 2.13. The first-order valence-electron chi connectivity index (χ1n) is 7.69. The van der Waals surface area contributed by atoms with Crippen molar-refractivity contribution in [2.45, 2.75) is 32.6 Å². The predicted molar refractivity (Wildman–Crippen MR) is 86.7 cm³/mol. The molecule has 1 saturated heterocycles. The molecule has 1 aliphatic rings. The van der Waals surface area contributed by atoms with Crippen LogP contribution >= 0.6 is 12.4 Å². The number of piperazine rings is 1. The monoisotopic (exact) mass is 320 g/mol. The molecule has 1 heterocycles. The number of rotatable bonds is 9. The second-order valence-electron chi connectivity index (χ2n) is 5.15. The fourth-order valence-electron chi connectivity index (χ4n) is 2.13. The average Bonchev–Trinajstić information content (AvgIpc) is 2.48. The van der Waals surface area contributed by atoms with E-state index in [9.17, 15) is 9.59 Å². The van der Waals surface area contributed by atoms with E-state index in [0.717, 1.165) is 45.6 Å². The summed E-state index contributed by atoms with van der Waals surface area (Å²) in [6.45, 7) is 8.70. The van der Waals surface area contributed by atoms with Gasteiger partial charge in [0.1, 0.15) is 0 Å². The van der Waals surface area contributed by atoms with Crippen LogP contribution in [0.15, 0.2) is 0 Å². The van der Waals surface area contributed by atoms with Crippen LogP contribution < -0.4 is 16.0 Å². The Morgan fingerprint density at radius 2 is 1.62 bits per heavy atom. The first-order valence-corrected chi connectivity index (χ1v) is 7.69. The number of hydrogen-bond acceptors (Lipinski definition) is 4. The lowest BCUT2D eigenvalue weighted by molar-refractivity contribution is -0.126. The summed E-state index contributed by atoms with van der Waals surface area (Å²) in [7, 11) is 0. The van der Waals surface area contributed by atoms with Crippen LogP contribution in [0.1, 0.15) is 32.6 Å². The van der Waals surface area contributed by atoms with Gasteiger partial charge >= 0.3 is 0 Å². The third kappa shape index (κ3) is 10.5. The van der Waals surface area contributed by atoms with Crippen LogP contribution in [-0.4, -0.2) is 62.5 Å². The number of halogens is 1. The largest absolute Gasteiger partial charge is 0.356 e. The summed E-state index contributed by atoms with van der Waals surface area (Å²) in [5, 5.41) is 8.95. The molecule has 1 fully saturated rings. The van der Waals surface area contributed by atoms with E-state index in [2.05, 4.69) is 20.9 Å². The van der Waals surface area contributed by atoms with E-state index >= 15 is 0 Å². The third-order valence-corrected chi connectivity index (χ3v) is 3.33. The van der Waals surface area contributed by atoms with E-state index in [1.54, 1.807) is 0 Å². The minimum absolute atomic E-state index is 0. The molecule has 0 aromatic carbocycles. The van der Waals surface area contributed by atoms with Crippen molar-refractivity contribution < 1.29 is 9.59 Å². The molecule has 0 saturated carbocycles. The van der Waals surface area contributed by atoms with Crippen molar-refractivity contribution >= 4 is 24.2 Å². The summed E-state index contributed by atoms with van der Waals surface area (Å²) in [6.07, 6.45) is 2.45. The molecule has 124 valence electrons. The van der Waals surface area contributed by atoms with Crippen molar-refractivity contribution in [1.29, 1.82) is 0 Å². The number of carbonyl (C=O) groups excluding carboxylic acids is 2. The minimum atomic E-state index is -0.0391. The molecule has 0 spiro atoms. The Hall–Kier alpha value is -0.850. The molecular formula is C14H29ClN4O2. The molecule has 2 amide bonds. The molecule has 1 aliphatic heterocycles. The normalized spacial score (nSPS) is 15.1. The molecule has 3 N–H and O–H groups in total. The molecule has 7 heteroatoms. The van der Waals surface area contributed by atoms with Crippen LogP contribution in [-0.2, 0) is 9.59 Å². The van der Waals surface area contributed by atoms with Crippen LogP contribution in [0.4, 0.5) is 0 Å². The molecule has 0 atom stereocenters. The van der Waals surface area contributed by atoms with Gasteiger partial charge in [0.2, 0.25) is 11.8 Å². The van der Waals surface area contributed by atoms with Crippen molar-refractivity contribution in [2.24, 2.45) is 0 Å². The van der Waals surface area contributed by atoms with Crippen LogP contribution in [0.2, 0.25) is 0 Å². The average molecular weight is 321 g/mol. The first-order chi connectivity index (χ1) is 9.72. The summed E-state index contributed by atoms with van der Waals surface area (Å²) < 4.78 is 0. The van der Waals surface area contributed by atoms with Crippen LogP contribution in [0.3, 0.4) is 0 Å². The zero-order valence-electron chi connectivity index (χ0n) is 13.0. The van der Waals surface area contributed by atoms with Gasteiger partial charge in [-0.15, -0.1) is 12.4 Å². The fraction of sp³-hybridized carbons (Fsp3) is 0.857. The lowest BCUT2D eigenvalue weighted by atomic mass is 10.2. The Morgan fingerprint density at radius 1 is 1.05 bits per heavy atom. The number of carbonyl (C=O) groups is 2. The summed E-state index contributed by atoms with van der Waals surface area (Å²) in [6, 6.07) is 0. The van der Waals surface area contributed by atoms with Crippen molar-refractivity contribution in [3.63, 3.8) is 0 Å². The minimum Gasteiger partial charge on any atom is -0.356 e. The molecule has 1 rings (SSSR count). The predicted octanol–water partition coefficient (Wildman–Crippen LogP) is 0.126. The van der Waals surface area contributed by atoms with Crippen molar-refractivity contribution in [1.82, 2.24) is 20.9 Å². The Labute approximate surface area is 133 Å². The molecular weight excluding hydrogens is 292 g/mol. The molecule has 0 aromatic rings. The smallest absolute Gasteiger partial charge is 0.220 e. The van der Waals surface area contributed by atoms with Crippen molar-refractivity contribution in [3.05, 3.63) is 0 Å².